The topological polar surface area (TPSA) is 34.1 Å². The molecule has 0 radical (unpaired) electrons. The molecule has 0 bridgehead atoms. The average Bonchev–Trinajstić information content (AvgIpc) is 2.30. The minimum Gasteiger partial charge on any atom is -0.224 e. The van der Waals surface area contributed by atoms with Gasteiger partial charge >= 0.3 is 0 Å². The van der Waals surface area contributed by atoms with Gasteiger partial charge in [-0.3, -0.25) is 0 Å². The lowest BCUT2D eigenvalue weighted by Crippen LogP contribution is -1.95. The van der Waals surface area contributed by atoms with E-state index in [2.05, 4.69) is 28.8 Å². The van der Waals surface area contributed by atoms with Gasteiger partial charge in [0.2, 0.25) is 0 Å². The Balaban J connectivity index is 0.000000362. The fourth-order valence-corrected chi connectivity index (χ4v) is 2.50. The van der Waals surface area contributed by atoms with Gasteiger partial charge in [0.05, 0.1) is 4.90 Å². The lowest BCUT2D eigenvalue weighted by molar-refractivity contribution is 0.602. The molecule has 4 heteroatoms. The average molecular weight is 298 g/mol. The lowest BCUT2D eigenvalue weighted by Gasteiger charge is -2.01. The zero-order chi connectivity index (χ0) is 15.1. The molecule has 0 fully saturated rings. The molecule has 0 unspecified atom stereocenters. The maximum Gasteiger partial charge on any atom is 0.175 e. The van der Waals surface area contributed by atoms with E-state index in [0.29, 0.717) is 10.8 Å². The molecule has 1 aromatic rings. The summed E-state index contributed by atoms with van der Waals surface area (Å²) in [4.78, 5) is 0.378. The monoisotopic (exact) mass is 298 g/mol. The Kier molecular flexibility index (Phi) is 7.89. The van der Waals surface area contributed by atoms with Crippen LogP contribution in [-0.2, 0) is 9.84 Å². The van der Waals surface area contributed by atoms with Gasteiger partial charge in [-0.25, -0.2) is 8.42 Å². The van der Waals surface area contributed by atoms with Crippen molar-refractivity contribution in [3.05, 3.63) is 41.5 Å². The second-order valence-electron chi connectivity index (χ2n) is 4.67. The Labute approximate surface area is 119 Å². The zero-order valence-electron chi connectivity index (χ0n) is 12.3. The van der Waals surface area contributed by atoms with Crippen molar-refractivity contribution in [2.24, 2.45) is 5.92 Å². The Hall–Kier alpha value is -0.920. The molecule has 0 spiro atoms. The Bertz CT molecular complexity index is 526. The van der Waals surface area contributed by atoms with E-state index in [-0.39, 0.29) is 0 Å². The minimum absolute atomic E-state index is 0.378. The van der Waals surface area contributed by atoms with Gasteiger partial charge in [-0.2, -0.15) is 0 Å². The van der Waals surface area contributed by atoms with Crippen molar-refractivity contribution >= 4 is 24.5 Å². The Morgan fingerprint density at radius 3 is 1.89 bits per heavy atom. The first kappa shape index (κ1) is 18.1. The Morgan fingerprint density at radius 1 is 1.21 bits per heavy atom. The Morgan fingerprint density at radius 2 is 1.68 bits per heavy atom. The molecule has 2 nitrogen and oxygen atoms in total. The molecular formula is C15H23O2PS. The summed E-state index contributed by atoms with van der Waals surface area (Å²) in [7, 11) is 0.308. The van der Waals surface area contributed by atoms with E-state index < -0.39 is 9.84 Å². The van der Waals surface area contributed by atoms with Gasteiger partial charge in [-0.1, -0.05) is 37.6 Å². The maximum atomic E-state index is 10.9. The lowest BCUT2D eigenvalue weighted by atomic mass is 10.1. The van der Waals surface area contributed by atoms with Crippen LogP contribution in [0.5, 0.6) is 0 Å². The molecule has 106 valence electrons. The van der Waals surface area contributed by atoms with Gasteiger partial charge in [0.1, 0.15) is 0 Å². The predicted octanol–water partition coefficient (Wildman–Crippen LogP) is 3.93. The molecule has 0 heterocycles. The molecule has 0 saturated carbocycles. The third kappa shape index (κ3) is 7.29. The molecule has 19 heavy (non-hydrogen) atoms. The second kappa shape index (κ2) is 8.29. The third-order valence-electron chi connectivity index (χ3n) is 2.62. The van der Waals surface area contributed by atoms with Crippen LogP contribution in [0, 0.1) is 12.8 Å². The summed E-state index contributed by atoms with van der Waals surface area (Å²) < 4.78 is 21.9. The summed E-state index contributed by atoms with van der Waals surface area (Å²) in [6.07, 6.45) is 3.31. The standard InChI is InChI=1S/C8H10O2S.C7H13P/c1-7-3-5-8(6-4-7)11(2,9)10;1-4-7(5-8)6(2)3/h3-6H,1-2H3;4-6,8H,1-3H3/b;7-4+. The van der Waals surface area contributed by atoms with Crippen LogP contribution in [0.25, 0.3) is 0 Å². The molecule has 0 aromatic heterocycles. The van der Waals surface area contributed by atoms with E-state index in [1.54, 1.807) is 24.3 Å². The number of hydrogen-bond acceptors (Lipinski definition) is 2. The molecule has 0 saturated heterocycles. The van der Waals surface area contributed by atoms with Crippen LogP contribution in [0.3, 0.4) is 0 Å². The van der Waals surface area contributed by atoms with Crippen LogP contribution in [0.4, 0.5) is 0 Å². The summed E-state index contributed by atoms with van der Waals surface area (Å²) in [5, 5.41) is 0. The van der Waals surface area contributed by atoms with Gasteiger partial charge in [-0.05, 0) is 43.3 Å². The maximum absolute atomic E-state index is 10.9. The predicted molar refractivity (Wildman–Crippen MR) is 87.3 cm³/mol. The smallest absolute Gasteiger partial charge is 0.175 e. The fraction of sp³-hybridized carbons (Fsp3) is 0.400. The van der Waals surface area contributed by atoms with E-state index in [1.807, 2.05) is 19.6 Å². The first-order valence-electron chi connectivity index (χ1n) is 6.15. The molecule has 0 aliphatic rings. The number of allylic oxidation sites excluding steroid dienone is 2. The van der Waals surface area contributed by atoms with Gasteiger partial charge in [0.15, 0.2) is 9.84 Å². The van der Waals surface area contributed by atoms with Gasteiger partial charge in [0, 0.05) is 6.26 Å². The van der Waals surface area contributed by atoms with E-state index >= 15 is 0 Å². The fourth-order valence-electron chi connectivity index (χ4n) is 1.37. The first-order chi connectivity index (χ1) is 8.72. The zero-order valence-corrected chi connectivity index (χ0v) is 14.1. The van der Waals surface area contributed by atoms with Crippen molar-refractivity contribution in [3.8, 4) is 0 Å². The highest BCUT2D eigenvalue weighted by molar-refractivity contribution is 7.90. The van der Waals surface area contributed by atoms with Crippen LogP contribution >= 0.6 is 8.86 Å². The van der Waals surface area contributed by atoms with Crippen molar-refractivity contribution < 1.29 is 8.42 Å². The summed E-state index contributed by atoms with van der Waals surface area (Å²) in [6.45, 7) is 8.32. The van der Waals surface area contributed by atoms with E-state index in [9.17, 15) is 8.42 Å². The van der Waals surface area contributed by atoms with Crippen LogP contribution in [-0.4, -0.2) is 20.5 Å². The highest BCUT2D eigenvalue weighted by Crippen LogP contribution is 2.08. The van der Waals surface area contributed by atoms with Crippen molar-refractivity contribution in [2.45, 2.75) is 32.6 Å². The van der Waals surface area contributed by atoms with Crippen LogP contribution < -0.4 is 0 Å². The molecule has 0 atom stereocenters. The van der Waals surface area contributed by atoms with Crippen LogP contribution in [0.2, 0.25) is 0 Å². The molecule has 0 N–H and O–H groups in total. The van der Waals surface area contributed by atoms with E-state index in [1.165, 1.54) is 11.8 Å². The SMILES string of the molecule is C/C=C(\C=P)C(C)C.Cc1ccc(S(C)(=O)=O)cc1. The van der Waals surface area contributed by atoms with Gasteiger partial charge in [-0.15, -0.1) is 8.86 Å². The van der Waals surface area contributed by atoms with E-state index in [4.69, 9.17) is 0 Å². The van der Waals surface area contributed by atoms with Crippen molar-refractivity contribution in [1.29, 1.82) is 0 Å². The molecular weight excluding hydrogens is 275 g/mol. The second-order valence-corrected chi connectivity index (χ2v) is 6.98. The molecule has 0 amide bonds. The number of sulfone groups is 1. The van der Waals surface area contributed by atoms with Crippen molar-refractivity contribution in [2.75, 3.05) is 6.26 Å². The first-order valence-corrected chi connectivity index (χ1v) is 8.62. The number of aryl methyl sites for hydroxylation is 1. The minimum atomic E-state index is -3.02. The highest BCUT2D eigenvalue weighted by atomic mass is 32.2. The summed E-state index contributed by atoms with van der Waals surface area (Å²) in [5.74, 6) is 2.60. The van der Waals surface area contributed by atoms with Crippen molar-refractivity contribution in [1.82, 2.24) is 0 Å². The molecule has 0 aliphatic heterocycles. The van der Waals surface area contributed by atoms with Crippen LogP contribution in [0.1, 0.15) is 26.3 Å². The van der Waals surface area contributed by atoms with Crippen LogP contribution in [0.15, 0.2) is 40.8 Å². The summed E-state index contributed by atoms with van der Waals surface area (Å²) in [5.41, 5.74) is 2.42. The van der Waals surface area contributed by atoms with Gasteiger partial charge in [0.25, 0.3) is 0 Å². The van der Waals surface area contributed by atoms with Crippen molar-refractivity contribution in [3.63, 3.8) is 0 Å². The van der Waals surface area contributed by atoms with Gasteiger partial charge < -0.3 is 0 Å². The summed E-state index contributed by atoms with van der Waals surface area (Å²) >= 11 is 0. The largest absolute Gasteiger partial charge is 0.224 e. The quantitative estimate of drug-likeness (QED) is 0.792. The number of benzene rings is 1. The number of rotatable bonds is 3. The summed E-state index contributed by atoms with van der Waals surface area (Å²) in [6, 6.07) is 6.81. The van der Waals surface area contributed by atoms with E-state index in [0.717, 1.165) is 5.56 Å². The number of hydrogen-bond donors (Lipinski definition) is 0. The highest BCUT2D eigenvalue weighted by Gasteiger charge is 2.04. The normalized spacial score (nSPS) is 11.8. The molecule has 1 aromatic carbocycles. The molecule has 1 rings (SSSR count). The molecule has 0 aliphatic carbocycles. The third-order valence-corrected chi connectivity index (χ3v) is 4.08.